The molecule has 1 rings (SSSR count). The monoisotopic (exact) mass is 267 g/mol. The van der Waals surface area contributed by atoms with Crippen molar-refractivity contribution in [2.45, 2.75) is 12.8 Å². The fraction of sp³-hybridized carbons (Fsp3) is 0.250. The standard InChI is InChI=1S/C12H14ClN3O2/c1-3-6-14-11(8-16(17)18)9(2)10-4-5-12(13)15-7-10/h3-5,7-9,14H,1,6H2,2H3/b11-8-. The predicted molar refractivity (Wildman–Crippen MR) is 70.9 cm³/mol. The molecule has 0 amide bonds. The Hall–Kier alpha value is -1.88. The fourth-order valence-corrected chi connectivity index (χ4v) is 1.55. The molecule has 0 saturated heterocycles. The maximum absolute atomic E-state index is 10.6. The summed E-state index contributed by atoms with van der Waals surface area (Å²) in [5.41, 5.74) is 1.35. The number of halogens is 1. The third-order valence-corrected chi connectivity index (χ3v) is 2.64. The summed E-state index contributed by atoms with van der Waals surface area (Å²) in [6.45, 7) is 5.89. The molecule has 0 aliphatic carbocycles. The van der Waals surface area contributed by atoms with Crippen molar-refractivity contribution in [3.8, 4) is 0 Å². The number of aromatic nitrogens is 1. The van der Waals surface area contributed by atoms with E-state index in [9.17, 15) is 10.1 Å². The van der Waals surface area contributed by atoms with Crippen molar-refractivity contribution in [2.24, 2.45) is 0 Å². The first kappa shape index (κ1) is 14.2. The van der Waals surface area contributed by atoms with Crippen LogP contribution in [0.25, 0.3) is 0 Å². The van der Waals surface area contributed by atoms with Gasteiger partial charge in [0.05, 0.1) is 10.6 Å². The quantitative estimate of drug-likeness (QED) is 0.372. The number of rotatable bonds is 6. The molecule has 0 radical (unpaired) electrons. The van der Waals surface area contributed by atoms with Crippen LogP contribution in [0.4, 0.5) is 0 Å². The highest BCUT2D eigenvalue weighted by Crippen LogP contribution is 2.22. The molecule has 0 fully saturated rings. The van der Waals surface area contributed by atoms with Crippen LogP contribution in [0, 0.1) is 10.1 Å². The van der Waals surface area contributed by atoms with Gasteiger partial charge in [0.2, 0.25) is 0 Å². The van der Waals surface area contributed by atoms with E-state index in [-0.39, 0.29) is 5.92 Å². The second-order valence-corrected chi connectivity index (χ2v) is 4.06. The first-order chi connectivity index (χ1) is 8.54. The number of hydrogen-bond donors (Lipinski definition) is 1. The van der Waals surface area contributed by atoms with Crippen molar-refractivity contribution >= 4 is 11.6 Å². The summed E-state index contributed by atoms with van der Waals surface area (Å²) in [4.78, 5) is 14.1. The minimum absolute atomic E-state index is 0.167. The van der Waals surface area contributed by atoms with Gasteiger partial charge in [-0.15, -0.1) is 6.58 Å². The first-order valence-corrected chi connectivity index (χ1v) is 5.73. The van der Waals surface area contributed by atoms with Gasteiger partial charge < -0.3 is 5.32 Å². The van der Waals surface area contributed by atoms with Gasteiger partial charge in [-0.25, -0.2) is 4.98 Å². The van der Waals surface area contributed by atoms with Gasteiger partial charge in [-0.05, 0) is 11.6 Å². The third-order valence-electron chi connectivity index (χ3n) is 2.41. The van der Waals surface area contributed by atoms with Crippen LogP contribution in [0.3, 0.4) is 0 Å². The van der Waals surface area contributed by atoms with E-state index in [0.717, 1.165) is 11.8 Å². The SMILES string of the molecule is C=CCN/C(=C\[N+](=O)[O-])C(C)c1ccc(Cl)nc1. The molecule has 6 heteroatoms. The zero-order valence-corrected chi connectivity index (χ0v) is 10.7. The molecule has 5 nitrogen and oxygen atoms in total. The van der Waals surface area contributed by atoms with E-state index in [4.69, 9.17) is 11.6 Å². The van der Waals surface area contributed by atoms with Gasteiger partial charge in [0.25, 0.3) is 6.20 Å². The molecular weight excluding hydrogens is 254 g/mol. The van der Waals surface area contributed by atoms with Crippen LogP contribution in [-0.2, 0) is 0 Å². The van der Waals surface area contributed by atoms with Gasteiger partial charge in [-0.3, -0.25) is 10.1 Å². The van der Waals surface area contributed by atoms with E-state index in [1.165, 1.54) is 0 Å². The Labute approximate surface area is 110 Å². The van der Waals surface area contributed by atoms with E-state index in [0.29, 0.717) is 17.4 Å². The molecule has 0 saturated carbocycles. The van der Waals surface area contributed by atoms with Gasteiger partial charge in [-0.2, -0.15) is 0 Å². The summed E-state index contributed by atoms with van der Waals surface area (Å²) in [6, 6.07) is 3.45. The molecule has 0 bridgehead atoms. The molecule has 1 heterocycles. The van der Waals surface area contributed by atoms with Crippen LogP contribution in [0.15, 0.2) is 42.9 Å². The maximum Gasteiger partial charge on any atom is 0.253 e. The van der Waals surface area contributed by atoms with Gasteiger partial charge in [0, 0.05) is 18.7 Å². The summed E-state index contributed by atoms with van der Waals surface area (Å²) in [7, 11) is 0. The van der Waals surface area contributed by atoms with Crippen LogP contribution in [0.5, 0.6) is 0 Å². The van der Waals surface area contributed by atoms with Crippen LogP contribution in [0.2, 0.25) is 5.15 Å². The van der Waals surface area contributed by atoms with E-state index in [1.807, 2.05) is 6.92 Å². The molecule has 1 aromatic heterocycles. The first-order valence-electron chi connectivity index (χ1n) is 5.36. The maximum atomic E-state index is 10.6. The fourth-order valence-electron chi connectivity index (χ4n) is 1.44. The molecular formula is C12H14ClN3O2. The van der Waals surface area contributed by atoms with Gasteiger partial charge in [-0.1, -0.05) is 30.7 Å². The smallest absolute Gasteiger partial charge is 0.253 e. The molecule has 1 atom stereocenters. The topological polar surface area (TPSA) is 68.1 Å². The van der Waals surface area contributed by atoms with Crippen molar-refractivity contribution in [3.05, 3.63) is 63.7 Å². The average Bonchev–Trinajstić information content (AvgIpc) is 2.34. The van der Waals surface area contributed by atoms with Crippen LogP contribution < -0.4 is 5.32 Å². The Bertz CT molecular complexity index is 457. The highest BCUT2D eigenvalue weighted by molar-refractivity contribution is 6.29. The molecule has 18 heavy (non-hydrogen) atoms. The lowest BCUT2D eigenvalue weighted by Gasteiger charge is -2.15. The summed E-state index contributed by atoms with van der Waals surface area (Å²) >= 11 is 5.70. The molecule has 0 aromatic carbocycles. The molecule has 1 N–H and O–H groups in total. The highest BCUT2D eigenvalue weighted by atomic mass is 35.5. The molecule has 1 unspecified atom stereocenters. The van der Waals surface area contributed by atoms with Crippen molar-refractivity contribution in [1.82, 2.24) is 10.3 Å². The Balaban J connectivity index is 2.94. The minimum Gasteiger partial charge on any atom is -0.379 e. The van der Waals surface area contributed by atoms with E-state index >= 15 is 0 Å². The summed E-state index contributed by atoms with van der Waals surface area (Å²) < 4.78 is 0. The van der Waals surface area contributed by atoms with Crippen LogP contribution in [0.1, 0.15) is 18.4 Å². The second-order valence-electron chi connectivity index (χ2n) is 3.68. The molecule has 1 aromatic rings. The summed E-state index contributed by atoms with van der Waals surface area (Å²) in [5, 5.41) is 13.9. The third kappa shape index (κ3) is 4.18. The Kier molecular flexibility index (Phi) is 5.32. The Morgan fingerprint density at radius 1 is 1.72 bits per heavy atom. The van der Waals surface area contributed by atoms with Crippen molar-refractivity contribution in [2.75, 3.05) is 6.54 Å². The normalized spacial score (nSPS) is 12.9. The zero-order valence-electron chi connectivity index (χ0n) is 9.97. The lowest BCUT2D eigenvalue weighted by atomic mass is 10.00. The summed E-state index contributed by atoms with van der Waals surface area (Å²) in [5.74, 6) is -0.167. The van der Waals surface area contributed by atoms with Crippen LogP contribution >= 0.6 is 11.6 Å². The number of pyridine rings is 1. The number of nitrogens with one attached hydrogen (secondary N) is 1. The number of nitrogens with zero attached hydrogens (tertiary/aromatic N) is 2. The number of nitro groups is 1. The number of allylic oxidation sites excluding steroid dienone is 1. The lowest BCUT2D eigenvalue weighted by molar-refractivity contribution is -0.404. The molecule has 0 spiro atoms. The molecule has 0 aliphatic rings. The zero-order chi connectivity index (χ0) is 13.5. The van der Waals surface area contributed by atoms with E-state index in [2.05, 4.69) is 16.9 Å². The Morgan fingerprint density at radius 3 is 2.94 bits per heavy atom. The minimum atomic E-state index is -0.481. The van der Waals surface area contributed by atoms with Crippen molar-refractivity contribution < 1.29 is 4.92 Å². The number of hydrogen-bond acceptors (Lipinski definition) is 4. The van der Waals surface area contributed by atoms with Gasteiger partial charge in [0.1, 0.15) is 5.15 Å². The largest absolute Gasteiger partial charge is 0.379 e. The van der Waals surface area contributed by atoms with E-state index in [1.54, 1.807) is 24.4 Å². The Morgan fingerprint density at radius 2 is 2.44 bits per heavy atom. The highest BCUT2D eigenvalue weighted by Gasteiger charge is 2.14. The van der Waals surface area contributed by atoms with E-state index < -0.39 is 4.92 Å². The molecule has 0 aliphatic heterocycles. The van der Waals surface area contributed by atoms with Gasteiger partial charge >= 0.3 is 0 Å². The van der Waals surface area contributed by atoms with Gasteiger partial charge in [0.15, 0.2) is 0 Å². The second kappa shape index (κ2) is 6.76. The van der Waals surface area contributed by atoms with Crippen molar-refractivity contribution in [3.63, 3.8) is 0 Å². The summed E-state index contributed by atoms with van der Waals surface area (Å²) in [6.07, 6.45) is 4.21. The predicted octanol–water partition coefficient (Wildman–Crippen LogP) is 2.73. The lowest BCUT2D eigenvalue weighted by Crippen LogP contribution is -2.19. The average molecular weight is 268 g/mol. The molecule has 96 valence electrons. The van der Waals surface area contributed by atoms with Crippen molar-refractivity contribution in [1.29, 1.82) is 0 Å². The van der Waals surface area contributed by atoms with Crippen LogP contribution in [-0.4, -0.2) is 16.5 Å².